The smallest absolute Gasteiger partial charge is 0.255 e. The van der Waals surface area contributed by atoms with Gasteiger partial charge in [-0.3, -0.25) is 4.79 Å². The molecular weight excluding hydrogens is 299 g/mol. The maximum absolute atomic E-state index is 12.2. The molecule has 0 aliphatic rings. The van der Waals surface area contributed by atoms with E-state index in [-0.39, 0.29) is 5.91 Å². The molecule has 1 aromatic heterocycles. The van der Waals surface area contributed by atoms with Gasteiger partial charge < -0.3 is 10.7 Å². The highest BCUT2D eigenvalue weighted by molar-refractivity contribution is 6.35. The van der Waals surface area contributed by atoms with Crippen LogP contribution in [0.25, 0.3) is 0 Å². The number of anilines is 2. The van der Waals surface area contributed by atoms with Crippen LogP contribution in [0.4, 0.5) is 11.5 Å². The number of hydrogen-bond acceptors (Lipinski definition) is 4. The number of hydrogen-bond donors (Lipinski definition) is 3. The summed E-state index contributed by atoms with van der Waals surface area (Å²) in [6.45, 7) is 1.77. The minimum Gasteiger partial charge on any atom is -0.321 e. The number of benzene rings is 1. The van der Waals surface area contributed by atoms with Crippen LogP contribution in [0.1, 0.15) is 16.1 Å². The molecular formula is C13H12Cl2N4O. The molecule has 2 rings (SSSR count). The summed E-state index contributed by atoms with van der Waals surface area (Å²) in [5.74, 6) is 5.39. The van der Waals surface area contributed by atoms with Crippen LogP contribution in [0.3, 0.4) is 0 Å². The maximum atomic E-state index is 12.2. The zero-order valence-electron chi connectivity index (χ0n) is 10.6. The van der Waals surface area contributed by atoms with Crippen molar-refractivity contribution in [1.82, 2.24) is 4.98 Å². The molecule has 0 unspecified atom stereocenters. The minimum atomic E-state index is -0.323. The third kappa shape index (κ3) is 3.39. The van der Waals surface area contributed by atoms with Gasteiger partial charge in [0.05, 0.1) is 10.7 Å². The van der Waals surface area contributed by atoms with Crippen LogP contribution < -0.4 is 16.6 Å². The molecule has 0 fully saturated rings. The van der Waals surface area contributed by atoms with Gasteiger partial charge in [-0.25, -0.2) is 10.8 Å². The van der Waals surface area contributed by atoms with E-state index in [0.717, 1.165) is 0 Å². The molecule has 0 spiro atoms. The lowest BCUT2D eigenvalue weighted by Crippen LogP contribution is -2.15. The Bertz CT molecular complexity index is 661. The first kappa shape index (κ1) is 14.6. The SMILES string of the molecule is Cc1cc(C(=O)Nc2cc(Cl)ccc2Cl)cc(NN)n1. The zero-order valence-corrected chi connectivity index (χ0v) is 12.1. The Balaban J connectivity index is 2.28. The van der Waals surface area contributed by atoms with Crippen LogP contribution in [0.5, 0.6) is 0 Å². The quantitative estimate of drug-likeness (QED) is 0.600. The highest BCUT2D eigenvalue weighted by Gasteiger charge is 2.11. The largest absolute Gasteiger partial charge is 0.321 e. The third-order valence-electron chi connectivity index (χ3n) is 2.54. The van der Waals surface area contributed by atoms with Crippen LogP contribution in [0, 0.1) is 6.92 Å². The number of aromatic nitrogens is 1. The number of hydrazine groups is 1. The summed E-state index contributed by atoms with van der Waals surface area (Å²) in [4.78, 5) is 16.3. The number of nitrogens with zero attached hydrogens (tertiary/aromatic N) is 1. The van der Waals surface area contributed by atoms with Gasteiger partial charge in [0.15, 0.2) is 0 Å². The van der Waals surface area contributed by atoms with Gasteiger partial charge in [0.2, 0.25) is 0 Å². The second-order valence-corrected chi connectivity index (χ2v) is 4.95. The van der Waals surface area contributed by atoms with E-state index in [2.05, 4.69) is 15.7 Å². The number of aryl methyl sites for hydroxylation is 1. The zero-order chi connectivity index (χ0) is 14.7. The first-order valence-electron chi connectivity index (χ1n) is 5.71. The van der Waals surface area contributed by atoms with Gasteiger partial charge in [0, 0.05) is 16.3 Å². The van der Waals surface area contributed by atoms with Crippen LogP contribution in [-0.2, 0) is 0 Å². The summed E-state index contributed by atoms with van der Waals surface area (Å²) in [5.41, 5.74) is 3.94. The van der Waals surface area contributed by atoms with Crippen molar-refractivity contribution in [2.75, 3.05) is 10.7 Å². The minimum absolute atomic E-state index is 0.323. The van der Waals surface area contributed by atoms with E-state index >= 15 is 0 Å². The Labute approximate surface area is 126 Å². The molecule has 1 amide bonds. The number of nitrogen functional groups attached to an aromatic ring is 1. The van der Waals surface area contributed by atoms with Gasteiger partial charge in [-0.05, 0) is 37.3 Å². The Morgan fingerprint density at radius 2 is 2.00 bits per heavy atom. The van der Waals surface area contributed by atoms with Crippen LogP contribution >= 0.6 is 23.2 Å². The second kappa shape index (κ2) is 6.09. The lowest BCUT2D eigenvalue weighted by Gasteiger charge is -2.09. The summed E-state index contributed by atoms with van der Waals surface area (Å²) in [5, 5.41) is 3.59. The van der Waals surface area contributed by atoms with Crippen molar-refractivity contribution >= 4 is 40.6 Å². The fraction of sp³-hybridized carbons (Fsp3) is 0.0769. The molecule has 0 saturated heterocycles. The van der Waals surface area contributed by atoms with Crippen molar-refractivity contribution in [3.05, 3.63) is 51.6 Å². The first-order valence-corrected chi connectivity index (χ1v) is 6.47. The van der Waals surface area contributed by atoms with Crippen molar-refractivity contribution < 1.29 is 4.79 Å². The van der Waals surface area contributed by atoms with Crippen molar-refractivity contribution in [3.8, 4) is 0 Å². The highest BCUT2D eigenvalue weighted by Crippen LogP contribution is 2.26. The Kier molecular flexibility index (Phi) is 4.44. The number of carbonyl (C=O) groups excluding carboxylic acids is 1. The van der Waals surface area contributed by atoms with E-state index < -0.39 is 0 Å². The number of carbonyl (C=O) groups is 1. The molecule has 2 aromatic rings. The van der Waals surface area contributed by atoms with Crippen LogP contribution in [0.15, 0.2) is 30.3 Å². The molecule has 5 nitrogen and oxygen atoms in total. The van der Waals surface area contributed by atoms with E-state index in [1.54, 1.807) is 37.3 Å². The van der Waals surface area contributed by atoms with Crippen LogP contribution in [0.2, 0.25) is 10.0 Å². The fourth-order valence-electron chi connectivity index (χ4n) is 1.66. The van der Waals surface area contributed by atoms with Gasteiger partial charge in [0.25, 0.3) is 5.91 Å². The summed E-state index contributed by atoms with van der Waals surface area (Å²) < 4.78 is 0. The molecule has 7 heteroatoms. The molecule has 0 saturated carbocycles. The normalized spacial score (nSPS) is 10.2. The number of halogens is 2. The van der Waals surface area contributed by atoms with Gasteiger partial charge in [-0.2, -0.15) is 0 Å². The van der Waals surface area contributed by atoms with Crippen molar-refractivity contribution in [1.29, 1.82) is 0 Å². The predicted molar refractivity (Wildman–Crippen MR) is 81.2 cm³/mol. The summed E-state index contributed by atoms with van der Waals surface area (Å²) in [6, 6.07) is 8.03. The lowest BCUT2D eigenvalue weighted by molar-refractivity contribution is 0.102. The molecule has 0 atom stereocenters. The molecule has 1 heterocycles. The highest BCUT2D eigenvalue weighted by atomic mass is 35.5. The van der Waals surface area contributed by atoms with Crippen LogP contribution in [-0.4, -0.2) is 10.9 Å². The van der Waals surface area contributed by atoms with Gasteiger partial charge in [-0.15, -0.1) is 0 Å². The molecule has 4 N–H and O–H groups in total. The van der Waals surface area contributed by atoms with E-state index in [0.29, 0.717) is 32.8 Å². The molecule has 0 aliphatic heterocycles. The molecule has 104 valence electrons. The van der Waals surface area contributed by atoms with Crippen molar-refractivity contribution in [3.63, 3.8) is 0 Å². The molecule has 20 heavy (non-hydrogen) atoms. The average molecular weight is 311 g/mol. The lowest BCUT2D eigenvalue weighted by atomic mass is 10.2. The number of rotatable bonds is 3. The number of amides is 1. The molecule has 0 aliphatic carbocycles. The third-order valence-corrected chi connectivity index (χ3v) is 3.10. The van der Waals surface area contributed by atoms with E-state index in [9.17, 15) is 4.79 Å². The number of nitrogens with two attached hydrogens (primary N) is 1. The van der Waals surface area contributed by atoms with E-state index in [1.165, 1.54) is 0 Å². The summed E-state index contributed by atoms with van der Waals surface area (Å²) in [6.07, 6.45) is 0. The Morgan fingerprint density at radius 3 is 2.70 bits per heavy atom. The van der Waals surface area contributed by atoms with E-state index in [4.69, 9.17) is 29.0 Å². The first-order chi connectivity index (χ1) is 9.49. The summed E-state index contributed by atoms with van der Waals surface area (Å²) >= 11 is 11.9. The maximum Gasteiger partial charge on any atom is 0.255 e. The summed E-state index contributed by atoms with van der Waals surface area (Å²) in [7, 11) is 0. The Hall–Kier alpha value is -1.82. The molecule has 0 radical (unpaired) electrons. The number of nitrogens with one attached hydrogen (secondary N) is 2. The van der Waals surface area contributed by atoms with Gasteiger partial charge in [-0.1, -0.05) is 23.2 Å². The molecule has 0 bridgehead atoms. The second-order valence-electron chi connectivity index (χ2n) is 4.11. The fourth-order valence-corrected chi connectivity index (χ4v) is 2.00. The monoisotopic (exact) mass is 310 g/mol. The van der Waals surface area contributed by atoms with Gasteiger partial charge in [0.1, 0.15) is 5.82 Å². The molecule has 1 aromatic carbocycles. The van der Waals surface area contributed by atoms with Crippen molar-refractivity contribution in [2.24, 2.45) is 5.84 Å². The van der Waals surface area contributed by atoms with E-state index in [1.807, 2.05) is 0 Å². The van der Waals surface area contributed by atoms with Crippen molar-refractivity contribution in [2.45, 2.75) is 6.92 Å². The number of pyridine rings is 1. The topological polar surface area (TPSA) is 80.0 Å². The predicted octanol–water partition coefficient (Wildman–Crippen LogP) is 3.23. The average Bonchev–Trinajstić information content (AvgIpc) is 2.42. The standard InChI is InChI=1S/C13H12Cl2N4O/c1-7-4-8(5-12(17-7)19-16)13(20)18-11-6-9(14)2-3-10(11)15/h2-6H,16H2,1H3,(H,17,19)(H,18,20). The Morgan fingerprint density at radius 1 is 1.25 bits per heavy atom. The van der Waals surface area contributed by atoms with Gasteiger partial charge >= 0.3 is 0 Å².